The molecule has 0 heterocycles. The van der Waals surface area contributed by atoms with Crippen LogP contribution in [0.4, 0.5) is 0 Å². The number of methoxy groups -OCH3 is 1. The van der Waals surface area contributed by atoms with E-state index in [9.17, 15) is 4.79 Å². The van der Waals surface area contributed by atoms with Gasteiger partial charge in [-0.25, -0.2) is 0 Å². The predicted molar refractivity (Wildman–Crippen MR) is 69.5 cm³/mol. The van der Waals surface area contributed by atoms with Crippen molar-refractivity contribution in [1.29, 1.82) is 0 Å². The third-order valence-electron chi connectivity index (χ3n) is 2.53. The molecule has 0 aliphatic carbocycles. The Kier molecular flexibility index (Phi) is 5.84. The molecule has 0 aliphatic rings. The summed E-state index contributed by atoms with van der Waals surface area (Å²) in [7, 11) is 1.63. The molecule has 1 N–H and O–H groups in total. The lowest BCUT2D eigenvalue weighted by Crippen LogP contribution is -2.26. The van der Waals surface area contributed by atoms with Crippen LogP contribution in [0.5, 0.6) is 5.75 Å². The van der Waals surface area contributed by atoms with Crippen LogP contribution in [-0.4, -0.2) is 18.9 Å². The first-order valence-electron chi connectivity index (χ1n) is 5.66. The van der Waals surface area contributed by atoms with Gasteiger partial charge in [-0.2, -0.15) is 0 Å². The van der Waals surface area contributed by atoms with E-state index >= 15 is 0 Å². The first kappa shape index (κ1) is 13.8. The highest BCUT2D eigenvalue weighted by Gasteiger charge is 2.08. The van der Waals surface area contributed by atoms with Crippen molar-refractivity contribution in [2.75, 3.05) is 13.0 Å². The molecule has 94 valence electrons. The van der Waals surface area contributed by atoms with Gasteiger partial charge in [-0.05, 0) is 31.0 Å². The van der Waals surface area contributed by atoms with Gasteiger partial charge >= 0.3 is 0 Å². The van der Waals surface area contributed by atoms with E-state index in [4.69, 9.17) is 16.3 Å². The first-order valence-corrected chi connectivity index (χ1v) is 6.20. The number of alkyl halides is 1. The fourth-order valence-electron chi connectivity index (χ4n) is 1.52. The van der Waals surface area contributed by atoms with Crippen LogP contribution >= 0.6 is 11.6 Å². The summed E-state index contributed by atoms with van der Waals surface area (Å²) in [5.41, 5.74) is 1.06. The number of hydrogen-bond acceptors (Lipinski definition) is 2. The summed E-state index contributed by atoms with van der Waals surface area (Å²) in [5, 5.41) is 2.93. The van der Waals surface area contributed by atoms with E-state index in [1.807, 2.05) is 31.2 Å². The summed E-state index contributed by atoms with van der Waals surface area (Å²) in [6, 6.07) is 7.67. The number of nitrogens with one attached hydrogen (secondary N) is 1. The highest BCUT2D eigenvalue weighted by molar-refractivity contribution is 6.17. The summed E-state index contributed by atoms with van der Waals surface area (Å²) < 4.78 is 5.08. The van der Waals surface area contributed by atoms with Gasteiger partial charge in [-0.1, -0.05) is 12.1 Å². The lowest BCUT2D eigenvalue weighted by molar-refractivity contribution is -0.121. The molecule has 0 saturated heterocycles. The van der Waals surface area contributed by atoms with Crippen molar-refractivity contribution in [2.45, 2.75) is 25.8 Å². The third kappa shape index (κ3) is 4.65. The molecule has 1 rings (SSSR count). The standard InChI is InChI=1S/C13H18ClNO2/c1-10(15-13(16)4-3-9-14)11-5-7-12(17-2)8-6-11/h5-8,10H,3-4,9H2,1-2H3,(H,15,16). The van der Waals surface area contributed by atoms with Crippen LogP contribution in [0.25, 0.3) is 0 Å². The summed E-state index contributed by atoms with van der Waals surface area (Å²) in [6.07, 6.45) is 1.19. The Balaban J connectivity index is 2.51. The Morgan fingerprint density at radius 1 is 1.41 bits per heavy atom. The molecule has 0 spiro atoms. The molecule has 1 aromatic carbocycles. The smallest absolute Gasteiger partial charge is 0.220 e. The fourth-order valence-corrected chi connectivity index (χ4v) is 1.65. The average Bonchev–Trinajstić information content (AvgIpc) is 2.36. The molecule has 1 unspecified atom stereocenters. The molecule has 1 amide bonds. The summed E-state index contributed by atoms with van der Waals surface area (Å²) >= 11 is 5.54. The van der Waals surface area contributed by atoms with Crippen molar-refractivity contribution in [3.8, 4) is 5.75 Å². The van der Waals surface area contributed by atoms with Crippen LogP contribution < -0.4 is 10.1 Å². The van der Waals surface area contributed by atoms with Gasteiger partial charge in [0.2, 0.25) is 5.91 Å². The van der Waals surface area contributed by atoms with Gasteiger partial charge in [0.05, 0.1) is 13.2 Å². The molecule has 1 aromatic rings. The zero-order valence-corrected chi connectivity index (χ0v) is 11.0. The molecule has 4 heteroatoms. The molecule has 0 aromatic heterocycles. The van der Waals surface area contributed by atoms with E-state index in [2.05, 4.69) is 5.32 Å². The van der Waals surface area contributed by atoms with Crippen LogP contribution in [-0.2, 0) is 4.79 Å². The highest BCUT2D eigenvalue weighted by atomic mass is 35.5. The normalized spacial score (nSPS) is 11.9. The molecular formula is C13H18ClNO2. The average molecular weight is 256 g/mol. The fraction of sp³-hybridized carbons (Fsp3) is 0.462. The van der Waals surface area contributed by atoms with Gasteiger partial charge < -0.3 is 10.1 Å². The van der Waals surface area contributed by atoms with Crippen LogP contribution in [0.15, 0.2) is 24.3 Å². The van der Waals surface area contributed by atoms with E-state index in [-0.39, 0.29) is 11.9 Å². The number of ether oxygens (including phenoxy) is 1. The van der Waals surface area contributed by atoms with Gasteiger partial charge in [0.15, 0.2) is 0 Å². The number of halogens is 1. The van der Waals surface area contributed by atoms with E-state index in [0.717, 1.165) is 11.3 Å². The summed E-state index contributed by atoms with van der Waals surface area (Å²) in [4.78, 5) is 11.5. The van der Waals surface area contributed by atoms with Crippen molar-refractivity contribution in [1.82, 2.24) is 5.32 Å². The quantitative estimate of drug-likeness (QED) is 0.794. The zero-order chi connectivity index (χ0) is 12.7. The molecule has 17 heavy (non-hydrogen) atoms. The maximum Gasteiger partial charge on any atom is 0.220 e. The topological polar surface area (TPSA) is 38.3 Å². The number of carbonyl (C=O) groups excluding carboxylic acids is 1. The van der Waals surface area contributed by atoms with Crippen LogP contribution in [0.2, 0.25) is 0 Å². The molecular weight excluding hydrogens is 238 g/mol. The number of rotatable bonds is 6. The minimum atomic E-state index is 0.00346. The molecule has 0 saturated carbocycles. The Hall–Kier alpha value is -1.22. The zero-order valence-electron chi connectivity index (χ0n) is 10.2. The van der Waals surface area contributed by atoms with E-state index in [1.165, 1.54) is 0 Å². The van der Waals surface area contributed by atoms with Crippen LogP contribution in [0.1, 0.15) is 31.4 Å². The van der Waals surface area contributed by atoms with E-state index < -0.39 is 0 Å². The minimum Gasteiger partial charge on any atom is -0.497 e. The minimum absolute atomic E-state index is 0.00346. The number of amides is 1. The molecule has 1 atom stereocenters. The number of hydrogen-bond donors (Lipinski definition) is 1. The monoisotopic (exact) mass is 255 g/mol. The second kappa shape index (κ2) is 7.17. The maximum atomic E-state index is 11.5. The number of benzene rings is 1. The van der Waals surface area contributed by atoms with Gasteiger partial charge in [0.25, 0.3) is 0 Å². The van der Waals surface area contributed by atoms with Crippen molar-refractivity contribution in [2.24, 2.45) is 0 Å². The van der Waals surface area contributed by atoms with Crippen molar-refractivity contribution >= 4 is 17.5 Å². The Labute approximate surface area is 107 Å². The van der Waals surface area contributed by atoms with Crippen molar-refractivity contribution < 1.29 is 9.53 Å². The van der Waals surface area contributed by atoms with Crippen LogP contribution in [0, 0.1) is 0 Å². The van der Waals surface area contributed by atoms with Gasteiger partial charge in [-0.15, -0.1) is 11.6 Å². The Morgan fingerprint density at radius 2 is 2.06 bits per heavy atom. The summed E-state index contributed by atoms with van der Waals surface area (Å²) in [6.45, 7) is 1.96. The maximum absolute atomic E-state index is 11.5. The molecule has 0 bridgehead atoms. The van der Waals surface area contributed by atoms with E-state index in [0.29, 0.717) is 18.7 Å². The summed E-state index contributed by atoms with van der Waals surface area (Å²) in [5.74, 6) is 1.37. The van der Waals surface area contributed by atoms with Crippen LogP contribution in [0.3, 0.4) is 0 Å². The highest BCUT2D eigenvalue weighted by Crippen LogP contribution is 2.17. The third-order valence-corrected chi connectivity index (χ3v) is 2.80. The SMILES string of the molecule is COc1ccc(C(C)NC(=O)CCCCl)cc1. The molecule has 0 radical (unpaired) electrons. The number of carbonyl (C=O) groups is 1. The van der Waals surface area contributed by atoms with Gasteiger partial charge in [0, 0.05) is 12.3 Å². The van der Waals surface area contributed by atoms with Crippen molar-refractivity contribution in [3.63, 3.8) is 0 Å². The van der Waals surface area contributed by atoms with E-state index in [1.54, 1.807) is 7.11 Å². The lowest BCUT2D eigenvalue weighted by Gasteiger charge is -2.14. The largest absolute Gasteiger partial charge is 0.497 e. The second-order valence-corrected chi connectivity index (χ2v) is 4.23. The van der Waals surface area contributed by atoms with Crippen molar-refractivity contribution in [3.05, 3.63) is 29.8 Å². The van der Waals surface area contributed by atoms with Gasteiger partial charge in [0.1, 0.15) is 5.75 Å². The Morgan fingerprint density at radius 3 is 2.59 bits per heavy atom. The van der Waals surface area contributed by atoms with Gasteiger partial charge in [-0.3, -0.25) is 4.79 Å². The molecule has 3 nitrogen and oxygen atoms in total. The first-order chi connectivity index (χ1) is 8.17. The predicted octanol–water partition coefficient (Wildman–Crippen LogP) is 2.89. The molecule has 0 fully saturated rings. The lowest BCUT2D eigenvalue weighted by atomic mass is 10.1. The molecule has 0 aliphatic heterocycles. The Bertz CT molecular complexity index is 351. The second-order valence-electron chi connectivity index (χ2n) is 3.85.